The number of hydrogen-bond acceptors (Lipinski definition) is 16. The van der Waals surface area contributed by atoms with E-state index in [-0.39, 0.29) is 11.8 Å². The second kappa shape index (κ2) is 48.8. The smallest absolute Gasteiger partial charge is 0.266 e. The van der Waals surface area contributed by atoms with Crippen molar-refractivity contribution in [3.05, 3.63) is 101 Å². The van der Waals surface area contributed by atoms with Gasteiger partial charge in [-0.1, -0.05) is 309 Å². The molecule has 0 atom stereocenters. The zero-order chi connectivity index (χ0) is 80.0. The van der Waals surface area contributed by atoms with Crippen molar-refractivity contribution < 1.29 is 9.59 Å². The molecule has 10 heterocycles. The number of fused-ring (bicyclic) bond motifs is 2. The Balaban J connectivity index is 0.943. The number of unbranched alkanes of at least 4 members (excludes halogenated alkanes) is 32. The van der Waals surface area contributed by atoms with E-state index < -0.39 is 0 Å². The first-order valence-corrected chi connectivity index (χ1v) is 53.9. The molecular weight excluding hydrogens is 1630 g/mol. The second-order valence-electron chi connectivity index (χ2n) is 32.1. The maximum absolute atomic E-state index is 14.0. The van der Waals surface area contributed by atoms with E-state index in [4.69, 9.17) is 34.4 Å². The summed E-state index contributed by atoms with van der Waals surface area (Å²) in [4.78, 5) is 61.0. The van der Waals surface area contributed by atoms with Crippen molar-refractivity contribution in [1.29, 1.82) is 0 Å². The minimum absolute atomic E-state index is 0.0740. The predicted octanol–water partition coefficient (Wildman–Crippen LogP) is 34.7. The number of carbonyl (C=O) groups is 2. The average molecular weight is 1760 g/mol. The van der Waals surface area contributed by atoms with Crippen LogP contribution < -0.4 is 0 Å². The molecule has 2 amide bonds. The number of amides is 2. The molecule has 2 saturated heterocycles. The summed E-state index contributed by atoms with van der Waals surface area (Å²) in [7, 11) is 0. The number of aromatic nitrogens is 2. The largest absolute Gasteiger partial charge is 0.293 e. The predicted molar refractivity (Wildman–Crippen MR) is 525 cm³/mol. The Morgan fingerprint density at radius 3 is 0.904 bits per heavy atom. The Hall–Kier alpha value is -3.50. The van der Waals surface area contributed by atoms with E-state index in [1.165, 1.54) is 344 Å². The summed E-state index contributed by atoms with van der Waals surface area (Å²) in [6, 6.07) is 19.6. The normalized spacial score (nSPS) is 14.2. The Morgan fingerprint density at radius 2 is 0.579 bits per heavy atom. The Bertz CT molecular complexity index is 4230. The van der Waals surface area contributed by atoms with Crippen LogP contribution >= 0.6 is 139 Å². The molecule has 0 spiro atoms. The molecule has 8 aromatic heterocycles. The van der Waals surface area contributed by atoms with Crippen molar-refractivity contribution in [2.75, 3.05) is 13.1 Å². The zero-order valence-corrected chi connectivity index (χ0v) is 80.0. The lowest BCUT2D eigenvalue weighted by molar-refractivity contribution is -0.123. The summed E-state index contributed by atoms with van der Waals surface area (Å²) >= 11 is 30.2. The maximum Gasteiger partial charge on any atom is 0.266 e. The van der Waals surface area contributed by atoms with Gasteiger partial charge in [-0.25, -0.2) is 9.97 Å². The molecule has 0 unspecified atom stereocenters. The first-order chi connectivity index (χ1) is 55.9. The van der Waals surface area contributed by atoms with Crippen LogP contribution in [0.3, 0.4) is 0 Å². The van der Waals surface area contributed by atoms with E-state index >= 15 is 0 Å². The van der Waals surface area contributed by atoms with Gasteiger partial charge in [0.25, 0.3) is 11.8 Å². The Morgan fingerprint density at radius 1 is 0.307 bits per heavy atom. The van der Waals surface area contributed by atoms with Crippen molar-refractivity contribution in [2.24, 2.45) is 0 Å². The van der Waals surface area contributed by atoms with Crippen LogP contribution in [0.5, 0.6) is 0 Å². The van der Waals surface area contributed by atoms with Gasteiger partial charge in [-0.05, 0) is 184 Å². The minimum atomic E-state index is 0.0740. The third kappa shape index (κ3) is 25.3. The van der Waals surface area contributed by atoms with Crippen LogP contribution in [0.1, 0.15) is 355 Å². The van der Waals surface area contributed by atoms with Gasteiger partial charge in [-0.2, -0.15) is 0 Å². The second-order valence-corrected chi connectivity index (χ2v) is 43.9. The molecule has 2 aliphatic heterocycles. The third-order valence-electron chi connectivity index (χ3n) is 22.7. The zero-order valence-electron chi connectivity index (χ0n) is 70.2. The molecular formula is C96H130N4O2S12. The summed E-state index contributed by atoms with van der Waals surface area (Å²) in [6.45, 7) is 19.8. The van der Waals surface area contributed by atoms with Crippen LogP contribution in [-0.4, -0.2) is 53.3 Å². The summed E-state index contributed by atoms with van der Waals surface area (Å²) in [5.41, 5.74) is 11.0. The summed E-state index contributed by atoms with van der Waals surface area (Å²) in [6.07, 6.45) is 59.5. The molecule has 114 heavy (non-hydrogen) atoms. The molecule has 0 saturated carbocycles. The van der Waals surface area contributed by atoms with Gasteiger partial charge in [0.05, 0.1) is 40.0 Å². The fourth-order valence-electron chi connectivity index (χ4n) is 16.1. The summed E-state index contributed by atoms with van der Waals surface area (Å²) in [5, 5.41) is 2.32. The van der Waals surface area contributed by atoms with Crippen molar-refractivity contribution in [1.82, 2.24) is 19.8 Å². The highest BCUT2D eigenvalue weighted by molar-refractivity contribution is 8.27. The molecule has 0 N–H and O–H groups in total. The van der Waals surface area contributed by atoms with Crippen molar-refractivity contribution >= 4 is 192 Å². The van der Waals surface area contributed by atoms with Crippen LogP contribution in [0, 0.1) is 0 Å². The van der Waals surface area contributed by atoms with E-state index in [0.717, 1.165) is 107 Å². The molecule has 0 aliphatic carbocycles. The van der Waals surface area contributed by atoms with Gasteiger partial charge < -0.3 is 0 Å². The number of hydrogen-bond donors (Lipinski definition) is 0. The Kier molecular flexibility index (Phi) is 39.1. The van der Waals surface area contributed by atoms with Crippen molar-refractivity contribution in [3.8, 4) is 58.8 Å². The number of nitrogens with zero attached hydrogens (tertiary/aromatic N) is 4. The van der Waals surface area contributed by atoms with Gasteiger partial charge in [0.1, 0.15) is 18.7 Å². The van der Waals surface area contributed by atoms with Gasteiger partial charge in [-0.3, -0.25) is 19.4 Å². The van der Waals surface area contributed by atoms with E-state index in [2.05, 4.69) is 116 Å². The highest BCUT2D eigenvalue weighted by Gasteiger charge is 2.34. The van der Waals surface area contributed by atoms with Crippen LogP contribution in [0.2, 0.25) is 0 Å². The molecule has 2 fully saturated rings. The lowest BCUT2D eigenvalue weighted by Gasteiger charge is -2.13. The first-order valence-electron chi connectivity index (χ1n) is 44.9. The number of aryl methyl sites for hydroxylation is 6. The van der Waals surface area contributed by atoms with Gasteiger partial charge in [0, 0.05) is 61.9 Å². The van der Waals surface area contributed by atoms with E-state index in [0.29, 0.717) is 21.7 Å². The maximum atomic E-state index is 14.0. The quantitative estimate of drug-likeness (QED) is 0.0212. The monoisotopic (exact) mass is 1750 g/mol. The average Bonchev–Trinajstić information content (AvgIpc) is 1.58. The standard InChI is InChI=1S/C96H130N4O2S12/c1-9-17-25-31-35-43-49-67-61-71(65-81-93(101)99(95(103)111-81)59-47-39-29-21-13-5)105-85(67)75-55-57-77(107-75)87-69(51-45-37-33-27-19-11-3)63-79(109-87)91-97-83-73(53-41-23-15-7)90-84(74(89(83)113-91)54-42-24-16-8)98-92(114-90)80-64-70(52-46-38-34-28-20-12-4)88(110-80)78-58-56-76(108-78)86-68(50-44-36-32-26-18-10-2)62-72(106-86)66-82-94(102)100(96(104)112-82)60-48-40-30-22-14-6/h55-58,61-66H,9-54,59-60H2,1-8H3/b81-65-,82-66-. The van der Waals surface area contributed by atoms with Crippen LogP contribution in [0.4, 0.5) is 0 Å². The van der Waals surface area contributed by atoms with Gasteiger partial charge in [-0.15, -0.1) is 90.7 Å². The molecule has 0 bridgehead atoms. The fourth-order valence-corrected chi connectivity index (χ4v) is 28.6. The summed E-state index contributed by atoms with van der Waals surface area (Å²) < 4.78 is 4.12. The Labute approximate surface area is 737 Å². The van der Waals surface area contributed by atoms with Crippen molar-refractivity contribution in [2.45, 2.75) is 351 Å². The van der Waals surface area contributed by atoms with E-state index in [1.807, 2.05) is 100 Å². The molecule has 618 valence electrons. The minimum Gasteiger partial charge on any atom is -0.293 e. The molecule has 2 aliphatic rings. The molecule has 6 nitrogen and oxygen atoms in total. The first kappa shape index (κ1) is 91.2. The number of rotatable bonds is 56. The number of carbonyl (C=O) groups excluding carboxylic acids is 2. The highest BCUT2D eigenvalue weighted by Crippen LogP contribution is 2.53. The number of thiophene rings is 6. The summed E-state index contributed by atoms with van der Waals surface area (Å²) in [5.74, 6) is 0.148. The van der Waals surface area contributed by atoms with Gasteiger partial charge >= 0.3 is 0 Å². The molecule has 0 radical (unpaired) electrons. The fraction of sp³-hybridized carbons (Fsp3) is 0.583. The SMILES string of the molecule is CCCCCCCCc1cc(/C=C2\SC(=S)N(CCCCCCC)C2=O)sc1-c1ccc(-c2sc(-c3nc4c(CCCCC)c5sc(-c6cc(CCCCCCCC)c(-c7ccc(-c8sc(/C=C9\SC(=S)N(CCCCCCC)C9=O)cc8CCCCCCCC)s7)s6)nc5c(CCCCC)c4s3)cc2CCCCCCCC)s1. The topological polar surface area (TPSA) is 66.4 Å². The third-order valence-corrected chi connectivity index (χ3v) is 35.5. The van der Waals surface area contributed by atoms with Gasteiger partial charge in [0.2, 0.25) is 0 Å². The molecule has 9 aromatic rings. The number of benzene rings is 1. The lowest BCUT2D eigenvalue weighted by atomic mass is 9.99. The number of thiazole rings is 2. The lowest BCUT2D eigenvalue weighted by Crippen LogP contribution is -2.28. The number of thiocarbonyl (C=S) groups is 2. The van der Waals surface area contributed by atoms with Crippen LogP contribution in [-0.2, 0) is 48.1 Å². The van der Waals surface area contributed by atoms with Crippen LogP contribution in [0.25, 0.3) is 91.4 Å². The highest BCUT2D eigenvalue weighted by atomic mass is 32.2. The van der Waals surface area contributed by atoms with Crippen molar-refractivity contribution in [3.63, 3.8) is 0 Å². The molecule has 18 heteroatoms. The molecule has 1 aromatic carbocycles. The molecule has 11 rings (SSSR count). The van der Waals surface area contributed by atoms with E-state index in [9.17, 15) is 9.59 Å². The number of thioether (sulfide) groups is 2. The van der Waals surface area contributed by atoms with Gasteiger partial charge in [0.15, 0.2) is 0 Å². The van der Waals surface area contributed by atoms with E-state index in [1.54, 1.807) is 0 Å². The van der Waals surface area contributed by atoms with Crippen LogP contribution in [0.15, 0.2) is 58.3 Å².